The van der Waals surface area contributed by atoms with Crippen molar-refractivity contribution < 1.29 is 4.79 Å². The Hall–Kier alpha value is -0.280. The number of carbonyl (C=O) groups excluding carboxylic acids is 1. The van der Waals surface area contributed by atoms with Crippen LogP contribution >= 0.6 is 12.4 Å². The summed E-state index contributed by atoms with van der Waals surface area (Å²) >= 11 is 0. The van der Waals surface area contributed by atoms with Crippen LogP contribution < -0.4 is 10.6 Å². The van der Waals surface area contributed by atoms with Crippen LogP contribution in [-0.4, -0.2) is 24.5 Å². The predicted octanol–water partition coefficient (Wildman–Crippen LogP) is 2.25. The summed E-state index contributed by atoms with van der Waals surface area (Å²) < 4.78 is 0. The van der Waals surface area contributed by atoms with Gasteiger partial charge < -0.3 is 10.6 Å². The predicted molar refractivity (Wildman–Crippen MR) is 72.5 cm³/mol. The third-order valence-corrected chi connectivity index (χ3v) is 4.10. The van der Waals surface area contributed by atoms with E-state index in [4.69, 9.17) is 0 Å². The molecule has 1 saturated heterocycles. The maximum Gasteiger partial charge on any atom is 0.237 e. The van der Waals surface area contributed by atoms with Gasteiger partial charge in [-0.05, 0) is 45.1 Å². The van der Waals surface area contributed by atoms with E-state index in [1.165, 1.54) is 38.5 Å². The van der Waals surface area contributed by atoms with Crippen LogP contribution in [0.5, 0.6) is 0 Å². The molecule has 100 valence electrons. The van der Waals surface area contributed by atoms with Crippen molar-refractivity contribution in [2.45, 2.75) is 64.0 Å². The van der Waals surface area contributed by atoms with Gasteiger partial charge >= 0.3 is 0 Å². The molecule has 1 aliphatic carbocycles. The number of halogens is 1. The summed E-state index contributed by atoms with van der Waals surface area (Å²) in [6, 6.07) is 0.427. The molecule has 1 aliphatic heterocycles. The Bertz CT molecular complexity index is 236. The van der Waals surface area contributed by atoms with Crippen LogP contribution in [0.4, 0.5) is 0 Å². The van der Waals surface area contributed by atoms with Gasteiger partial charge in [0.2, 0.25) is 5.91 Å². The van der Waals surface area contributed by atoms with Crippen LogP contribution in [0.3, 0.4) is 0 Å². The zero-order valence-corrected chi connectivity index (χ0v) is 11.5. The molecule has 2 aliphatic rings. The fourth-order valence-corrected chi connectivity index (χ4v) is 2.98. The summed E-state index contributed by atoms with van der Waals surface area (Å²) in [6.07, 6.45) is 8.66. The van der Waals surface area contributed by atoms with Crippen molar-refractivity contribution in [2.75, 3.05) is 6.54 Å². The van der Waals surface area contributed by atoms with Gasteiger partial charge in [0.25, 0.3) is 0 Å². The van der Waals surface area contributed by atoms with Crippen LogP contribution in [-0.2, 0) is 4.79 Å². The zero-order valence-electron chi connectivity index (χ0n) is 10.7. The maximum absolute atomic E-state index is 12.0. The molecule has 2 rings (SSSR count). The Kier molecular flexibility index (Phi) is 6.28. The standard InChI is InChI=1S/C13H24N2O.ClH/c1-10(11-6-2-3-7-11)15-13(16)12-8-4-5-9-14-12;/h10-12,14H,2-9H2,1H3,(H,15,16);1H. The first kappa shape index (κ1) is 14.8. The fraction of sp³-hybridized carbons (Fsp3) is 0.923. The molecule has 0 aromatic heterocycles. The van der Waals surface area contributed by atoms with Crippen LogP contribution in [0, 0.1) is 5.92 Å². The lowest BCUT2D eigenvalue weighted by atomic mass is 9.98. The summed E-state index contributed by atoms with van der Waals surface area (Å²) in [5, 5.41) is 6.49. The van der Waals surface area contributed by atoms with Crippen molar-refractivity contribution >= 4 is 18.3 Å². The normalized spacial score (nSPS) is 27.2. The third kappa shape index (κ3) is 4.14. The van der Waals surface area contributed by atoms with E-state index in [1.54, 1.807) is 0 Å². The molecule has 3 nitrogen and oxygen atoms in total. The second kappa shape index (κ2) is 7.22. The highest BCUT2D eigenvalue weighted by atomic mass is 35.5. The van der Waals surface area contributed by atoms with E-state index in [2.05, 4.69) is 17.6 Å². The topological polar surface area (TPSA) is 41.1 Å². The number of rotatable bonds is 3. The van der Waals surface area contributed by atoms with E-state index in [1.807, 2.05) is 0 Å². The van der Waals surface area contributed by atoms with Crippen LogP contribution in [0.25, 0.3) is 0 Å². The molecule has 17 heavy (non-hydrogen) atoms. The first-order valence-electron chi connectivity index (χ1n) is 6.81. The monoisotopic (exact) mass is 260 g/mol. The molecule has 1 amide bonds. The first-order chi connectivity index (χ1) is 7.77. The minimum Gasteiger partial charge on any atom is -0.352 e. The molecule has 4 heteroatoms. The van der Waals surface area contributed by atoms with Gasteiger partial charge in [-0.15, -0.1) is 12.4 Å². The Balaban J connectivity index is 0.00000144. The largest absolute Gasteiger partial charge is 0.352 e. The molecule has 0 aromatic rings. The van der Waals surface area contributed by atoms with E-state index in [0.717, 1.165) is 13.0 Å². The first-order valence-corrected chi connectivity index (χ1v) is 6.81. The maximum atomic E-state index is 12.0. The van der Waals surface area contributed by atoms with Crippen molar-refractivity contribution in [3.05, 3.63) is 0 Å². The fourth-order valence-electron chi connectivity index (χ4n) is 2.98. The second-order valence-electron chi connectivity index (χ2n) is 5.34. The molecule has 2 fully saturated rings. The summed E-state index contributed by atoms with van der Waals surface area (Å²) in [6.45, 7) is 3.16. The Labute approximate surface area is 111 Å². The van der Waals surface area contributed by atoms with Crippen LogP contribution in [0.1, 0.15) is 51.9 Å². The van der Waals surface area contributed by atoms with E-state index >= 15 is 0 Å². The van der Waals surface area contributed by atoms with E-state index in [-0.39, 0.29) is 24.4 Å². The highest BCUT2D eigenvalue weighted by Crippen LogP contribution is 2.27. The molecule has 2 N–H and O–H groups in total. The molecule has 0 aromatic carbocycles. The SMILES string of the molecule is CC(NC(=O)C1CCCCN1)C1CCCC1.Cl. The summed E-state index contributed by atoms with van der Waals surface area (Å²) in [5.41, 5.74) is 0. The summed E-state index contributed by atoms with van der Waals surface area (Å²) in [5.74, 6) is 0.937. The van der Waals surface area contributed by atoms with E-state index in [0.29, 0.717) is 12.0 Å². The molecule has 0 bridgehead atoms. The van der Waals surface area contributed by atoms with Crippen molar-refractivity contribution in [1.82, 2.24) is 10.6 Å². The number of amides is 1. The lowest BCUT2D eigenvalue weighted by Crippen LogP contribution is -2.50. The van der Waals surface area contributed by atoms with E-state index in [9.17, 15) is 4.79 Å². The Morgan fingerprint density at radius 2 is 1.82 bits per heavy atom. The Morgan fingerprint density at radius 1 is 1.18 bits per heavy atom. The average Bonchev–Trinajstić information content (AvgIpc) is 2.83. The van der Waals surface area contributed by atoms with Gasteiger partial charge in [-0.3, -0.25) is 4.79 Å². The Morgan fingerprint density at radius 3 is 2.41 bits per heavy atom. The number of piperidine rings is 1. The lowest BCUT2D eigenvalue weighted by molar-refractivity contribution is -0.124. The number of nitrogens with one attached hydrogen (secondary N) is 2. The molecule has 0 radical (unpaired) electrons. The minimum atomic E-state index is 0. The van der Waals surface area contributed by atoms with Gasteiger partial charge in [0.1, 0.15) is 0 Å². The molecule has 1 saturated carbocycles. The second-order valence-corrected chi connectivity index (χ2v) is 5.34. The quantitative estimate of drug-likeness (QED) is 0.817. The van der Waals surface area contributed by atoms with Gasteiger partial charge in [0, 0.05) is 6.04 Å². The number of hydrogen-bond donors (Lipinski definition) is 2. The molecular weight excluding hydrogens is 236 g/mol. The summed E-state index contributed by atoms with van der Waals surface area (Å²) in [4.78, 5) is 12.0. The lowest BCUT2D eigenvalue weighted by Gasteiger charge is -2.26. The van der Waals surface area contributed by atoms with Gasteiger partial charge in [0.05, 0.1) is 6.04 Å². The molecule has 1 heterocycles. The summed E-state index contributed by atoms with van der Waals surface area (Å²) in [7, 11) is 0. The van der Waals surface area contributed by atoms with Gasteiger partial charge in [0.15, 0.2) is 0 Å². The van der Waals surface area contributed by atoms with Gasteiger partial charge in [-0.25, -0.2) is 0 Å². The number of carbonyl (C=O) groups is 1. The van der Waals surface area contributed by atoms with Gasteiger partial charge in [-0.1, -0.05) is 19.3 Å². The van der Waals surface area contributed by atoms with Gasteiger partial charge in [-0.2, -0.15) is 0 Å². The van der Waals surface area contributed by atoms with Crippen LogP contribution in [0.2, 0.25) is 0 Å². The molecule has 2 atom stereocenters. The van der Waals surface area contributed by atoms with Crippen molar-refractivity contribution in [1.29, 1.82) is 0 Å². The van der Waals surface area contributed by atoms with Crippen molar-refractivity contribution in [2.24, 2.45) is 5.92 Å². The minimum absolute atomic E-state index is 0. The van der Waals surface area contributed by atoms with E-state index < -0.39 is 0 Å². The molecule has 2 unspecified atom stereocenters. The van der Waals surface area contributed by atoms with Crippen molar-refractivity contribution in [3.63, 3.8) is 0 Å². The van der Waals surface area contributed by atoms with Crippen molar-refractivity contribution in [3.8, 4) is 0 Å². The third-order valence-electron chi connectivity index (χ3n) is 4.10. The average molecular weight is 261 g/mol. The highest BCUT2D eigenvalue weighted by molar-refractivity contribution is 5.85. The number of hydrogen-bond acceptors (Lipinski definition) is 2. The van der Waals surface area contributed by atoms with Crippen LogP contribution in [0.15, 0.2) is 0 Å². The zero-order chi connectivity index (χ0) is 11.4. The molecule has 0 spiro atoms. The molecular formula is C13H25ClN2O. The smallest absolute Gasteiger partial charge is 0.237 e. The highest BCUT2D eigenvalue weighted by Gasteiger charge is 2.26.